The van der Waals surface area contributed by atoms with E-state index < -0.39 is 29.9 Å². The van der Waals surface area contributed by atoms with Gasteiger partial charge in [-0.25, -0.2) is 9.87 Å². The first kappa shape index (κ1) is 22.4. The number of nitrogens with one attached hydrogen (secondary N) is 3. The van der Waals surface area contributed by atoms with Gasteiger partial charge in [-0.15, -0.1) is 0 Å². The van der Waals surface area contributed by atoms with E-state index in [2.05, 4.69) is 10.9 Å². The van der Waals surface area contributed by atoms with Gasteiger partial charge in [0.1, 0.15) is 6.04 Å². The highest BCUT2D eigenvalue weighted by atomic mass is 32.2. The fraction of sp³-hybridized carbons (Fsp3) is 0.706. The molecule has 3 amide bonds. The van der Waals surface area contributed by atoms with E-state index >= 15 is 0 Å². The third-order valence-electron chi connectivity index (χ3n) is 4.85. The Morgan fingerprint density at radius 2 is 2.18 bits per heavy atom. The summed E-state index contributed by atoms with van der Waals surface area (Å²) in [4.78, 5) is 39.6. The molecule has 3 atom stereocenters. The van der Waals surface area contributed by atoms with Gasteiger partial charge in [0.25, 0.3) is 11.8 Å². The van der Waals surface area contributed by atoms with Gasteiger partial charge in [-0.05, 0) is 37.6 Å². The molecule has 1 saturated heterocycles. The van der Waals surface area contributed by atoms with Crippen LogP contribution in [0.1, 0.15) is 52.4 Å². The maximum atomic E-state index is 14.5. The molecule has 28 heavy (non-hydrogen) atoms. The molecule has 4 N–H and O–H groups in total. The molecular formula is C17H28FN5O4S. The van der Waals surface area contributed by atoms with E-state index in [1.165, 1.54) is 26.9 Å². The number of rotatable bonds is 9. The predicted octanol–water partition coefficient (Wildman–Crippen LogP) is 1.38. The maximum Gasteiger partial charge on any atom is 0.278 e. The normalized spacial score (nSPS) is 21.6. The van der Waals surface area contributed by atoms with Crippen LogP contribution in [0.15, 0.2) is 11.1 Å². The molecule has 0 radical (unpaired) electrons. The fourth-order valence-corrected chi connectivity index (χ4v) is 3.99. The third-order valence-corrected chi connectivity index (χ3v) is 5.87. The summed E-state index contributed by atoms with van der Waals surface area (Å²) < 4.78 is 15.9. The monoisotopic (exact) mass is 417 g/mol. The molecule has 2 aliphatic rings. The molecule has 0 bridgehead atoms. The van der Waals surface area contributed by atoms with Crippen molar-refractivity contribution in [2.24, 2.45) is 5.92 Å². The second-order valence-electron chi connectivity index (χ2n) is 6.77. The summed E-state index contributed by atoms with van der Waals surface area (Å²) in [5.41, 5.74) is 6.88. The van der Waals surface area contributed by atoms with E-state index in [1.807, 2.05) is 13.8 Å². The number of halogens is 1. The van der Waals surface area contributed by atoms with Crippen LogP contribution in [0.4, 0.5) is 4.39 Å². The molecule has 2 rings (SSSR count). The smallest absolute Gasteiger partial charge is 0.278 e. The number of hydrogen-bond acceptors (Lipinski definition) is 7. The average Bonchev–Trinajstić information content (AvgIpc) is 3.36. The lowest BCUT2D eigenvalue weighted by molar-refractivity contribution is -0.149. The molecule has 0 spiro atoms. The van der Waals surface area contributed by atoms with Crippen molar-refractivity contribution in [3.8, 4) is 0 Å². The van der Waals surface area contributed by atoms with Gasteiger partial charge < -0.3 is 4.90 Å². The number of hydroxylamine groups is 1. The summed E-state index contributed by atoms with van der Waals surface area (Å²) in [5, 5.41) is 8.72. The highest BCUT2D eigenvalue weighted by Gasteiger charge is 2.42. The summed E-state index contributed by atoms with van der Waals surface area (Å²) in [5.74, 6) is -3.41. The van der Waals surface area contributed by atoms with Gasteiger partial charge in [-0.1, -0.05) is 31.2 Å². The molecule has 0 aromatic carbocycles. The first-order valence-electron chi connectivity index (χ1n) is 9.55. The van der Waals surface area contributed by atoms with Crippen LogP contribution in [0.5, 0.6) is 0 Å². The minimum absolute atomic E-state index is 0.169. The first-order chi connectivity index (χ1) is 13.4. The molecular weight excluding hydrogens is 389 g/mol. The molecule has 11 heteroatoms. The Morgan fingerprint density at radius 1 is 1.43 bits per heavy atom. The Hall–Kier alpha value is -1.85. The summed E-state index contributed by atoms with van der Waals surface area (Å²) >= 11 is 1.34. The van der Waals surface area contributed by atoms with Crippen LogP contribution in [0, 0.1) is 5.92 Å². The number of allylic oxidation sites excluding steroid dienone is 1. The molecule has 0 aliphatic carbocycles. The molecule has 2 aliphatic heterocycles. The van der Waals surface area contributed by atoms with Crippen LogP contribution >= 0.6 is 11.9 Å². The van der Waals surface area contributed by atoms with Gasteiger partial charge in [0, 0.05) is 17.6 Å². The van der Waals surface area contributed by atoms with E-state index in [9.17, 15) is 18.8 Å². The number of likely N-dealkylation sites (tertiary alicyclic amines) is 1. The van der Waals surface area contributed by atoms with E-state index in [0.717, 1.165) is 17.7 Å². The van der Waals surface area contributed by atoms with Crippen LogP contribution in [-0.4, -0.2) is 51.1 Å². The number of hydrogen-bond donors (Lipinski definition) is 4. The third kappa shape index (κ3) is 5.36. The molecule has 1 fully saturated rings. The van der Waals surface area contributed by atoms with Gasteiger partial charge in [0.15, 0.2) is 6.17 Å². The zero-order valence-corrected chi connectivity index (χ0v) is 16.9. The van der Waals surface area contributed by atoms with Gasteiger partial charge in [-0.3, -0.25) is 30.4 Å². The predicted molar refractivity (Wildman–Crippen MR) is 102 cm³/mol. The SMILES string of the molecule is CCCCC(C(=O)N1CCCC1C(=O)NN1NC=C(CC)S1)C(F)C(=O)NO. The Morgan fingerprint density at radius 3 is 2.79 bits per heavy atom. The van der Waals surface area contributed by atoms with E-state index in [0.29, 0.717) is 25.8 Å². The van der Waals surface area contributed by atoms with Gasteiger partial charge in [0.05, 0.1) is 5.92 Å². The number of carbonyl (C=O) groups excluding carboxylic acids is 3. The summed E-state index contributed by atoms with van der Waals surface area (Å²) in [6, 6.07) is -0.728. The zero-order valence-electron chi connectivity index (χ0n) is 16.1. The minimum atomic E-state index is -2.17. The number of amides is 3. The number of hydrazine groups is 2. The molecule has 3 unspecified atom stereocenters. The Labute approximate surface area is 168 Å². The maximum absolute atomic E-state index is 14.5. The van der Waals surface area contributed by atoms with Crippen molar-refractivity contribution in [3.63, 3.8) is 0 Å². The topological polar surface area (TPSA) is 114 Å². The molecule has 2 heterocycles. The number of alkyl halides is 1. The minimum Gasteiger partial charge on any atom is -0.330 e. The summed E-state index contributed by atoms with van der Waals surface area (Å²) in [7, 11) is 0. The van der Waals surface area contributed by atoms with Crippen molar-refractivity contribution in [2.75, 3.05) is 6.54 Å². The van der Waals surface area contributed by atoms with Gasteiger partial charge in [0.2, 0.25) is 5.91 Å². The van der Waals surface area contributed by atoms with E-state index in [4.69, 9.17) is 5.21 Å². The average molecular weight is 418 g/mol. The number of unbranched alkanes of at least 4 members (excludes halogenated alkanes) is 1. The van der Waals surface area contributed by atoms with Crippen molar-refractivity contribution >= 4 is 29.7 Å². The molecule has 0 aromatic heterocycles. The lowest BCUT2D eigenvalue weighted by Gasteiger charge is -2.30. The van der Waals surface area contributed by atoms with E-state index in [1.54, 1.807) is 6.20 Å². The van der Waals surface area contributed by atoms with E-state index in [-0.39, 0.29) is 12.3 Å². The highest BCUT2D eigenvalue weighted by Crippen LogP contribution is 2.27. The molecule has 158 valence electrons. The molecule has 9 nitrogen and oxygen atoms in total. The van der Waals surface area contributed by atoms with Crippen LogP contribution in [0.3, 0.4) is 0 Å². The van der Waals surface area contributed by atoms with Crippen LogP contribution in [-0.2, 0) is 14.4 Å². The van der Waals surface area contributed by atoms with Crippen molar-refractivity contribution in [3.05, 3.63) is 11.1 Å². The van der Waals surface area contributed by atoms with Crippen molar-refractivity contribution in [2.45, 2.75) is 64.6 Å². The highest BCUT2D eigenvalue weighted by molar-refractivity contribution is 8.00. The quantitative estimate of drug-likeness (QED) is 0.255. The van der Waals surface area contributed by atoms with Gasteiger partial charge in [-0.2, -0.15) is 0 Å². The first-order valence-corrected chi connectivity index (χ1v) is 10.3. The van der Waals surface area contributed by atoms with Crippen LogP contribution in [0.25, 0.3) is 0 Å². The summed E-state index contributed by atoms with van der Waals surface area (Å²) in [6.07, 6.45) is 2.97. The molecule has 0 aromatic rings. The number of nitrogens with zero attached hydrogens (tertiary/aromatic N) is 2. The van der Waals surface area contributed by atoms with Gasteiger partial charge >= 0.3 is 0 Å². The van der Waals surface area contributed by atoms with Crippen LogP contribution < -0.4 is 16.3 Å². The lowest BCUT2D eigenvalue weighted by Crippen LogP contribution is -2.53. The lowest BCUT2D eigenvalue weighted by atomic mass is 9.94. The fourth-order valence-electron chi connectivity index (χ4n) is 3.28. The van der Waals surface area contributed by atoms with Crippen molar-refractivity contribution < 1.29 is 24.0 Å². The Kier molecular flexibility index (Phi) is 8.52. The Bertz CT molecular complexity index is 620. The summed E-state index contributed by atoms with van der Waals surface area (Å²) in [6.45, 7) is 4.22. The number of carbonyl (C=O) groups is 3. The van der Waals surface area contributed by atoms with Crippen LogP contribution in [0.2, 0.25) is 0 Å². The van der Waals surface area contributed by atoms with Crippen molar-refractivity contribution in [1.29, 1.82) is 0 Å². The second kappa shape index (κ2) is 10.6. The standard InChI is InChI=1S/C17H28FN5O4S/c1-3-5-7-12(14(18)16(25)21-27)17(26)22-9-6-8-13(22)15(24)20-23-19-10-11(4-2)28-23/h10,12-14,19,27H,3-9H2,1-2H3,(H,20,24)(H,21,25). The van der Waals surface area contributed by atoms with Crippen molar-refractivity contribution in [1.82, 2.24) is 25.8 Å². The largest absolute Gasteiger partial charge is 0.330 e. The zero-order chi connectivity index (χ0) is 20.7. The molecule has 0 saturated carbocycles. The second-order valence-corrected chi connectivity index (χ2v) is 7.84. The Balaban J connectivity index is 2.04.